The quantitative estimate of drug-likeness (QED) is 0.822. The van der Waals surface area contributed by atoms with Crippen LogP contribution in [0.4, 0.5) is 4.48 Å². The highest BCUT2D eigenvalue weighted by atomic mass is 19.2. The molecule has 2 aromatic heterocycles. The van der Waals surface area contributed by atoms with E-state index in [-0.39, 0.29) is 0 Å². The molecule has 0 fully saturated rings. The average Bonchev–Trinajstić information content (AvgIpc) is 2.90. The molecule has 0 spiro atoms. The Labute approximate surface area is 109 Å². The highest BCUT2D eigenvalue weighted by Crippen LogP contribution is 2.01. The van der Waals surface area contributed by atoms with Crippen LogP contribution in [0.3, 0.4) is 0 Å². The predicted molar refractivity (Wildman–Crippen MR) is 69.6 cm³/mol. The van der Waals surface area contributed by atoms with Crippen molar-refractivity contribution in [2.75, 3.05) is 0 Å². The van der Waals surface area contributed by atoms with E-state index in [4.69, 9.17) is 0 Å². The highest BCUT2D eigenvalue weighted by Gasteiger charge is 1.93. The summed E-state index contributed by atoms with van der Waals surface area (Å²) in [6.07, 6.45) is 7.94. The molecule has 0 aromatic carbocycles. The van der Waals surface area contributed by atoms with E-state index in [1.165, 1.54) is 25.0 Å². The summed E-state index contributed by atoms with van der Waals surface area (Å²) in [5.74, 6) is 0. The first-order valence-electron chi connectivity index (χ1n) is 6.10. The normalized spacial score (nSPS) is 9.79. The van der Waals surface area contributed by atoms with Crippen LogP contribution in [0, 0.1) is 0 Å². The van der Waals surface area contributed by atoms with Gasteiger partial charge in [-0.3, -0.25) is 9.89 Å². The van der Waals surface area contributed by atoms with Gasteiger partial charge in [-0.15, -0.1) is 0 Å². The summed E-state index contributed by atoms with van der Waals surface area (Å²) < 4.78 is 12.0. The van der Waals surface area contributed by atoms with Crippen LogP contribution in [0.5, 0.6) is 0 Å². The van der Waals surface area contributed by atoms with Crippen molar-refractivity contribution in [2.24, 2.45) is 0 Å². The fourth-order valence-corrected chi connectivity index (χ4v) is 1.39. The molecule has 0 amide bonds. The van der Waals surface area contributed by atoms with Crippen LogP contribution in [0.15, 0.2) is 34.1 Å². The number of aryl methyl sites for hydroxylation is 1. The molecule has 104 valence electrons. The van der Waals surface area contributed by atoms with Gasteiger partial charge in [-0.05, 0) is 18.9 Å². The van der Waals surface area contributed by atoms with Gasteiger partial charge in [-0.1, -0.05) is 29.0 Å². The Bertz CT molecular complexity index is 546. The first kappa shape index (κ1) is 14.9. The SMILES string of the molecule is CCCCCc1cc[nH]n1.O=c1cc[nH]c(=O)n1F. The standard InChI is InChI=1S/C8H14N2.C4H3FN2O2/c1-2-3-4-5-8-6-7-9-10-8;5-7-3(8)1-2-6-4(7)9/h6-7H,2-5H2,1H3,(H,9,10);1-2H,(H,6,9). The third-order valence-electron chi connectivity index (χ3n) is 2.40. The summed E-state index contributed by atoms with van der Waals surface area (Å²) >= 11 is 0. The molecule has 0 radical (unpaired) electrons. The number of hydrogen-bond acceptors (Lipinski definition) is 3. The Morgan fingerprint density at radius 3 is 2.58 bits per heavy atom. The number of aromatic nitrogens is 4. The minimum Gasteiger partial charge on any atom is -0.312 e. The van der Waals surface area contributed by atoms with Gasteiger partial charge in [0.1, 0.15) is 0 Å². The van der Waals surface area contributed by atoms with Gasteiger partial charge in [0.05, 0.1) is 5.69 Å². The zero-order valence-corrected chi connectivity index (χ0v) is 10.7. The predicted octanol–water partition coefficient (Wildman–Crippen LogP) is 1.41. The van der Waals surface area contributed by atoms with E-state index < -0.39 is 16.0 Å². The molecule has 0 aliphatic carbocycles. The van der Waals surface area contributed by atoms with Gasteiger partial charge in [0.25, 0.3) is 5.56 Å². The summed E-state index contributed by atoms with van der Waals surface area (Å²) in [4.78, 5) is 21.9. The lowest BCUT2D eigenvalue weighted by molar-refractivity contribution is 0.330. The molecular weight excluding hydrogens is 251 g/mol. The molecule has 2 aromatic rings. The van der Waals surface area contributed by atoms with E-state index in [2.05, 4.69) is 17.1 Å². The van der Waals surface area contributed by atoms with Crippen molar-refractivity contribution >= 4 is 0 Å². The van der Waals surface area contributed by atoms with Crippen LogP contribution in [-0.2, 0) is 6.42 Å². The molecule has 7 heteroatoms. The van der Waals surface area contributed by atoms with Crippen molar-refractivity contribution < 1.29 is 4.48 Å². The molecule has 0 bridgehead atoms. The molecule has 0 aliphatic heterocycles. The molecule has 0 saturated heterocycles. The number of aromatic amines is 2. The Balaban J connectivity index is 0.000000191. The van der Waals surface area contributed by atoms with Crippen molar-refractivity contribution in [3.8, 4) is 0 Å². The molecular formula is C12H17FN4O2. The van der Waals surface area contributed by atoms with Crippen LogP contribution in [-0.4, -0.2) is 20.0 Å². The van der Waals surface area contributed by atoms with Gasteiger partial charge in [0.15, 0.2) is 0 Å². The maximum absolute atomic E-state index is 12.0. The number of nitrogens with one attached hydrogen (secondary N) is 2. The fraction of sp³-hybridized carbons (Fsp3) is 0.417. The highest BCUT2D eigenvalue weighted by molar-refractivity contribution is 4.96. The van der Waals surface area contributed by atoms with E-state index in [1.54, 1.807) is 0 Å². The van der Waals surface area contributed by atoms with Crippen LogP contribution in [0.1, 0.15) is 31.9 Å². The summed E-state index contributed by atoms with van der Waals surface area (Å²) in [5.41, 5.74) is -0.824. The topological polar surface area (TPSA) is 83.5 Å². The minimum atomic E-state index is -1.05. The van der Waals surface area contributed by atoms with Crippen LogP contribution < -0.4 is 11.2 Å². The van der Waals surface area contributed by atoms with Gasteiger partial charge in [0, 0.05) is 18.5 Å². The van der Waals surface area contributed by atoms with Crippen molar-refractivity contribution in [3.63, 3.8) is 0 Å². The van der Waals surface area contributed by atoms with E-state index in [0.29, 0.717) is 0 Å². The van der Waals surface area contributed by atoms with Gasteiger partial charge in [-0.2, -0.15) is 5.10 Å². The molecule has 0 unspecified atom stereocenters. The number of rotatable bonds is 4. The largest absolute Gasteiger partial charge is 0.357 e. The molecule has 19 heavy (non-hydrogen) atoms. The molecule has 2 heterocycles. The van der Waals surface area contributed by atoms with Crippen molar-refractivity contribution in [1.82, 2.24) is 20.0 Å². The number of H-pyrrole nitrogens is 2. The lowest BCUT2D eigenvalue weighted by atomic mass is 10.2. The van der Waals surface area contributed by atoms with Crippen LogP contribution in [0.25, 0.3) is 0 Å². The number of halogens is 1. The molecule has 2 rings (SSSR count). The third kappa shape index (κ3) is 5.33. The minimum absolute atomic E-state index is 0.500. The maximum Gasteiger partial charge on any atom is 0.357 e. The first-order chi connectivity index (χ1) is 9.15. The number of unbranched alkanes of at least 4 members (excludes halogenated alkanes) is 2. The van der Waals surface area contributed by atoms with Crippen molar-refractivity contribution in [1.29, 1.82) is 0 Å². The lowest BCUT2D eigenvalue weighted by Gasteiger charge is -1.92. The van der Waals surface area contributed by atoms with E-state index in [9.17, 15) is 14.1 Å². The number of nitrogens with zero attached hydrogens (tertiary/aromatic N) is 2. The van der Waals surface area contributed by atoms with Crippen molar-refractivity contribution in [2.45, 2.75) is 32.6 Å². The van der Waals surface area contributed by atoms with E-state index in [1.807, 2.05) is 17.2 Å². The summed E-state index contributed by atoms with van der Waals surface area (Å²) in [5, 5.41) is 6.87. The number of hydrogen-bond donors (Lipinski definition) is 2. The second-order valence-electron chi connectivity index (χ2n) is 3.92. The zero-order valence-electron chi connectivity index (χ0n) is 10.7. The zero-order chi connectivity index (χ0) is 14.1. The van der Waals surface area contributed by atoms with Gasteiger partial charge < -0.3 is 4.98 Å². The van der Waals surface area contributed by atoms with Crippen LogP contribution in [0.2, 0.25) is 0 Å². The molecule has 0 aliphatic rings. The Kier molecular flexibility index (Phi) is 6.28. The Hall–Kier alpha value is -2.18. The second kappa shape index (κ2) is 8.02. The average molecular weight is 268 g/mol. The second-order valence-corrected chi connectivity index (χ2v) is 3.92. The first-order valence-corrected chi connectivity index (χ1v) is 6.10. The van der Waals surface area contributed by atoms with Gasteiger partial charge >= 0.3 is 5.69 Å². The maximum atomic E-state index is 12.0. The smallest absolute Gasteiger partial charge is 0.312 e. The third-order valence-corrected chi connectivity index (χ3v) is 2.40. The van der Waals surface area contributed by atoms with Gasteiger partial charge in [-0.25, -0.2) is 4.79 Å². The monoisotopic (exact) mass is 268 g/mol. The molecule has 0 atom stereocenters. The Morgan fingerprint density at radius 2 is 2.05 bits per heavy atom. The lowest BCUT2D eigenvalue weighted by Crippen LogP contribution is -2.28. The van der Waals surface area contributed by atoms with Gasteiger partial charge in [0.2, 0.25) is 0 Å². The van der Waals surface area contributed by atoms with Crippen molar-refractivity contribution in [3.05, 3.63) is 51.1 Å². The van der Waals surface area contributed by atoms with Crippen LogP contribution >= 0.6 is 0 Å². The summed E-state index contributed by atoms with van der Waals surface area (Å²) in [6.45, 7) is 2.21. The Morgan fingerprint density at radius 1 is 1.26 bits per heavy atom. The molecule has 2 N–H and O–H groups in total. The summed E-state index contributed by atoms with van der Waals surface area (Å²) in [7, 11) is 0. The molecule has 6 nitrogen and oxygen atoms in total. The van der Waals surface area contributed by atoms with E-state index >= 15 is 0 Å². The fourth-order valence-electron chi connectivity index (χ4n) is 1.39. The van der Waals surface area contributed by atoms with E-state index in [0.717, 1.165) is 18.7 Å². The molecule has 0 saturated carbocycles. The summed E-state index contributed by atoms with van der Waals surface area (Å²) in [6, 6.07) is 2.96.